The van der Waals surface area contributed by atoms with Crippen molar-refractivity contribution in [2.24, 2.45) is 11.7 Å². The number of ether oxygens (including phenoxy) is 1. The molecule has 6 nitrogen and oxygen atoms in total. The number of rotatable bonds is 7. The van der Waals surface area contributed by atoms with E-state index in [0.717, 1.165) is 43.6 Å². The first-order chi connectivity index (χ1) is 20.0. The maximum Gasteiger partial charge on any atom is 0.316 e. The number of hydrogen-bond acceptors (Lipinski definition) is 5. The van der Waals surface area contributed by atoms with Crippen LogP contribution in [0.5, 0.6) is 0 Å². The van der Waals surface area contributed by atoms with E-state index in [4.69, 9.17) is 10.5 Å². The third kappa shape index (κ3) is 6.40. The summed E-state index contributed by atoms with van der Waals surface area (Å²) in [6.07, 6.45) is 2.09. The van der Waals surface area contributed by atoms with Crippen molar-refractivity contribution in [3.05, 3.63) is 107 Å². The minimum Gasteiger partial charge on any atom is -0.468 e. The van der Waals surface area contributed by atoms with Crippen LogP contribution in [-0.2, 0) is 25.3 Å². The zero-order valence-electron chi connectivity index (χ0n) is 24.9. The lowest BCUT2D eigenvalue weighted by Gasteiger charge is -2.47. The second kappa shape index (κ2) is 13.1. The highest BCUT2D eigenvalue weighted by Gasteiger charge is 2.62. The minimum atomic E-state index is -0.959. The lowest BCUT2D eigenvalue weighted by molar-refractivity contribution is -0.144. The van der Waals surface area contributed by atoms with E-state index in [9.17, 15) is 18.4 Å². The van der Waals surface area contributed by atoms with E-state index in [1.807, 2.05) is 67.4 Å². The van der Waals surface area contributed by atoms with Gasteiger partial charge in [-0.1, -0.05) is 66.7 Å². The molecule has 2 N–H and O–H groups in total. The predicted molar refractivity (Wildman–Crippen MR) is 159 cm³/mol. The first kappa shape index (κ1) is 31.3. The van der Waals surface area contributed by atoms with Crippen LogP contribution in [0.2, 0.25) is 0 Å². The van der Waals surface area contributed by atoms with Crippen molar-refractivity contribution in [1.82, 2.24) is 9.80 Å². The molecule has 3 aromatic rings. The van der Waals surface area contributed by atoms with Crippen molar-refractivity contribution < 1.29 is 23.1 Å². The highest BCUT2D eigenvalue weighted by Crippen LogP contribution is 2.56. The lowest BCUT2D eigenvalue weighted by atomic mass is 9.79. The molecular weight excluding hydrogens is 536 g/mol. The zero-order valence-corrected chi connectivity index (χ0v) is 24.9. The molecule has 1 amide bonds. The second-order valence-electron chi connectivity index (χ2n) is 11.5. The molecule has 1 heterocycles. The van der Waals surface area contributed by atoms with Crippen LogP contribution < -0.4 is 5.73 Å². The van der Waals surface area contributed by atoms with Gasteiger partial charge in [0.15, 0.2) is 11.6 Å². The van der Waals surface area contributed by atoms with Gasteiger partial charge in [0.05, 0.1) is 18.1 Å². The second-order valence-corrected chi connectivity index (χ2v) is 11.5. The summed E-state index contributed by atoms with van der Waals surface area (Å²) in [5.41, 5.74) is 7.09. The summed E-state index contributed by atoms with van der Waals surface area (Å²) in [5.74, 6) is -2.31. The van der Waals surface area contributed by atoms with Crippen LogP contribution in [0.4, 0.5) is 8.78 Å². The van der Waals surface area contributed by atoms with E-state index in [-0.39, 0.29) is 23.4 Å². The number of likely N-dealkylation sites (tertiary alicyclic amines) is 1. The van der Waals surface area contributed by atoms with Crippen LogP contribution in [0.15, 0.2) is 78.9 Å². The quantitative estimate of drug-likeness (QED) is 0.372. The minimum absolute atomic E-state index is 0.0255. The van der Waals surface area contributed by atoms with Gasteiger partial charge in [-0.15, -0.1) is 0 Å². The Kier molecular flexibility index (Phi) is 9.79. The largest absolute Gasteiger partial charge is 0.468 e. The smallest absolute Gasteiger partial charge is 0.316 e. The summed E-state index contributed by atoms with van der Waals surface area (Å²) in [6, 6.07) is 24.0. The molecule has 1 saturated carbocycles. The Balaban J connectivity index is 0.000000385. The normalized spacial score (nSPS) is 21.8. The fourth-order valence-corrected chi connectivity index (χ4v) is 6.27. The van der Waals surface area contributed by atoms with Crippen LogP contribution in [0, 0.1) is 17.6 Å². The van der Waals surface area contributed by atoms with Crippen molar-refractivity contribution in [3.8, 4) is 0 Å². The van der Waals surface area contributed by atoms with Gasteiger partial charge in [0, 0.05) is 39.6 Å². The molecule has 3 atom stereocenters. The number of methoxy groups -OCH3 is 1. The molecule has 2 fully saturated rings. The Morgan fingerprint density at radius 1 is 0.976 bits per heavy atom. The Bertz CT molecular complexity index is 1360. The molecule has 0 unspecified atom stereocenters. The van der Waals surface area contributed by atoms with Gasteiger partial charge in [-0.05, 0) is 60.9 Å². The molecule has 0 radical (unpaired) electrons. The van der Waals surface area contributed by atoms with Crippen LogP contribution >= 0.6 is 0 Å². The van der Waals surface area contributed by atoms with E-state index in [1.165, 1.54) is 18.7 Å². The van der Waals surface area contributed by atoms with Crippen molar-refractivity contribution >= 4 is 11.9 Å². The average Bonchev–Trinajstić information content (AvgIpc) is 3.74. The Morgan fingerprint density at radius 2 is 1.57 bits per heavy atom. The number of esters is 1. The topological polar surface area (TPSA) is 75.9 Å². The van der Waals surface area contributed by atoms with Crippen molar-refractivity contribution in [1.29, 1.82) is 0 Å². The van der Waals surface area contributed by atoms with E-state index in [1.54, 1.807) is 6.92 Å². The van der Waals surface area contributed by atoms with Gasteiger partial charge in [0.25, 0.3) is 0 Å². The number of benzene rings is 3. The van der Waals surface area contributed by atoms with Crippen LogP contribution in [-0.4, -0.2) is 55.5 Å². The fraction of sp³-hybridized carbons (Fsp3) is 0.412. The molecule has 1 saturated heterocycles. The zero-order chi connectivity index (χ0) is 30.5. The van der Waals surface area contributed by atoms with Gasteiger partial charge in [-0.2, -0.15) is 0 Å². The highest BCUT2D eigenvalue weighted by molar-refractivity contribution is 5.87. The standard InChI is InChI=1S/C26H30F2N2O3.C8H11N/c1-18(31)29(2)25(19-7-5-4-6-8-19)11-13-30(14-12-25)17-21-16-26(21,24(32)33-3)20-9-10-22(27)23(28)15-20;1-7(9)8-5-3-2-4-6-8/h4-10,15,21H,11-14,16-17H2,1-3H3;2-7H,9H2,1H3/t21-,26+;7-/m00/s1. The fourth-order valence-electron chi connectivity index (χ4n) is 6.27. The van der Waals surface area contributed by atoms with Gasteiger partial charge in [0.1, 0.15) is 0 Å². The highest BCUT2D eigenvalue weighted by atomic mass is 19.2. The van der Waals surface area contributed by atoms with E-state index < -0.39 is 23.0 Å². The average molecular weight is 578 g/mol. The molecule has 1 aliphatic carbocycles. The van der Waals surface area contributed by atoms with Crippen molar-refractivity contribution in [2.75, 3.05) is 33.8 Å². The lowest BCUT2D eigenvalue weighted by Crippen LogP contribution is -2.53. The van der Waals surface area contributed by atoms with Crippen molar-refractivity contribution in [2.45, 2.75) is 50.1 Å². The summed E-state index contributed by atoms with van der Waals surface area (Å²) in [4.78, 5) is 29.1. The summed E-state index contributed by atoms with van der Waals surface area (Å²) in [5, 5.41) is 0. The van der Waals surface area contributed by atoms with Gasteiger partial charge >= 0.3 is 5.97 Å². The van der Waals surface area contributed by atoms with Crippen molar-refractivity contribution in [3.63, 3.8) is 0 Å². The number of carbonyl (C=O) groups is 2. The van der Waals surface area contributed by atoms with Crippen LogP contribution in [0.3, 0.4) is 0 Å². The summed E-state index contributed by atoms with van der Waals surface area (Å²) >= 11 is 0. The van der Waals surface area contributed by atoms with Gasteiger partial charge in [0.2, 0.25) is 5.91 Å². The van der Waals surface area contributed by atoms with Gasteiger partial charge < -0.3 is 20.3 Å². The SMILES string of the molecule is COC(=O)[C@@]1(c2ccc(F)c(F)c2)C[C@H]1CN1CCC(c2ccccc2)(N(C)C(C)=O)CC1.C[C@H](N)c1ccccc1. The van der Waals surface area contributed by atoms with Crippen LogP contribution in [0.25, 0.3) is 0 Å². The number of amides is 1. The third-order valence-electron chi connectivity index (χ3n) is 9.00. The molecule has 0 spiro atoms. The number of carbonyl (C=O) groups excluding carboxylic acids is 2. The van der Waals surface area contributed by atoms with Gasteiger partial charge in [-0.3, -0.25) is 9.59 Å². The molecule has 42 heavy (non-hydrogen) atoms. The molecule has 5 rings (SSSR count). The Hall–Kier alpha value is -3.62. The maximum atomic E-state index is 13.9. The number of hydrogen-bond donors (Lipinski definition) is 1. The molecule has 0 bridgehead atoms. The summed E-state index contributed by atoms with van der Waals surface area (Å²) in [7, 11) is 3.18. The third-order valence-corrected chi connectivity index (χ3v) is 9.00. The van der Waals surface area contributed by atoms with E-state index in [0.29, 0.717) is 18.5 Å². The monoisotopic (exact) mass is 577 g/mol. The number of piperidine rings is 1. The van der Waals surface area contributed by atoms with E-state index >= 15 is 0 Å². The summed E-state index contributed by atoms with van der Waals surface area (Å²) < 4.78 is 32.4. The number of nitrogens with two attached hydrogens (primary N) is 1. The molecule has 3 aromatic carbocycles. The molecule has 8 heteroatoms. The first-order valence-corrected chi connectivity index (χ1v) is 14.4. The molecule has 2 aliphatic rings. The number of halogens is 2. The Labute approximate surface area is 247 Å². The summed E-state index contributed by atoms with van der Waals surface area (Å²) in [6.45, 7) is 5.75. The first-order valence-electron chi connectivity index (χ1n) is 14.4. The molecule has 224 valence electrons. The molecule has 0 aromatic heterocycles. The predicted octanol–water partition coefficient (Wildman–Crippen LogP) is 5.57. The van der Waals surface area contributed by atoms with Gasteiger partial charge in [-0.25, -0.2) is 8.78 Å². The van der Waals surface area contributed by atoms with E-state index in [2.05, 4.69) is 17.0 Å². The molecular formula is C34H41F2N3O3. The molecule has 1 aliphatic heterocycles. The van der Waals surface area contributed by atoms with Crippen LogP contribution in [0.1, 0.15) is 55.8 Å². The maximum absolute atomic E-state index is 13.9. The number of nitrogens with zero attached hydrogens (tertiary/aromatic N) is 2. The Morgan fingerprint density at radius 3 is 2.07 bits per heavy atom.